The van der Waals surface area contributed by atoms with Crippen LogP contribution in [0.4, 0.5) is 36.3 Å². The molecule has 2 heterocycles. The van der Waals surface area contributed by atoms with E-state index >= 15 is 0 Å². The summed E-state index contributed by atoms with van der Waals surface area (Å²) in [7, 11) is 0. The number of aromatic nitrogens is 3. The zero-order chi connectivity index (χ0) is 20.4. The summed E-state index contributed by atoms with van der Waals surface area (Å²) in [6.45, 7) is 1.75. The highest BCUT2D eigenvalue weighted by Gasteiger charge is 2.33. The van der Waals surface area contributed by atoms with Gasteiger partial charge < -0.3 is 10.6 Å². The van der Waals surface area contributed by atoms with Gasteiger partial charge in [-0.2, -0.15) is 18.2 Å². The van der Waals surface area contributed by atoms with Crippen molar-refractivity contribution in [3.8, 4) is 0 Å². The SMILES string of the molecule is Cc1cc(Nc2cccc3cccnc23)nc(Nc2ccccc2C(F)(F)F)n1. The fourth-order valence-corrected chi connectivity index (χ4v) is 2.99. The number of nitrogens with one attached hydrogen (secondary N) is 2. The Morgan fingerprint density at radius 2 is 1.59 bits per heavy atom. The molecule has 0 aliphatic rings. The van der Waals surface area contributed by atoms with E-state index in [2.05, 4.69) is 25.6 Å². The third-order valence-corrected chi connectivity index (χ3v) is 4.23. The Kier molecular flexibility index (Phi) is 4.75. The van der Waals surface area contributed by atoms with Crippen LogP contribution in [0, 0.1) is 6.92 Å². The highest BCUT2D eigenvalue weighted by molar-refractivity contribution is 5.91. The predicted molar refractivity (Wildman–Crippen MR) is 107 cm³/mol. The van der Waals surface area contributed by atoms with E-state index in [1.54, 1.807) is 19.2 Å². The summed E-state index contributed by atoms with van der Waals surface area (Å²) in [4.78, 5) is 12.9. The molecule has 0 bridgehead atoms. The van der Waals surface area contributed by atoms with Crippen LogP contribution in [0.25, 0.3) is 10.9 Å². The van der Waals surface area contributed by atoms with Crippen molar-refractivity contribution in [2.24, 2.45) is 0 Å². The van der Waals surface area contributed by atoms with E-state index in [1.165, 1.54) is 18.2 Å². The van der Waals surface area contributed by atoms with Crippen LogP contribution in [0.2, 0.25) is 0 Å². The van der Waals surface area contributed by atoms with E-state index in [0.717, 1.165) is 22.7 Å². The number of nitrogens with zero attached hydrogens (tertiary/aromatic N) is 3. The standard InChI is InChI=1S/C21H16F3N5/c1-13-12-18(27-17-10-4-6-14-7-5-11-25-19(14)17)29-20(26-13)28-16-9-3-2-8-15(16)21(22,23)24/h2-12H,1H3,(H2,26,27,28,29). The maximum Gasteiger partial charge on any atom is 0.418 e. The quantitative estimate of drug-likeness (QED) is 0.455. The van der Waals surface area contributed by atoms with E-state index in [1.807, 2.05) is 30.3 Å². The molecule has 2 N–H and O–H groups in total. The van der Waals surface area contributed by atoms with Gasteiger partial charge >= 0.3 is 6.18 Å². The maximum atomic E-state index is 13.2. The molecule has 4 aromatic rings. The fourth-order valence-electron chi connectivity index (χ4n) is 2.99. The van der Waals surface area contributed by atoms with E-state index in [0.29, 0.717) is 11.5 Å². The lowest BCUT2D eigenvalue weighted by atomic mass is 10.1. The molecule has 0 fully saturated rings. The molecule has 146 valence electrons. The van der Waals surface area contributed by atoms with Gasteiger partial charge in [0.05, 0.1) is 22.5 Å². The Morgan fingerprint density at radius 1 is 0.828 bits per heavy atom. The van der Waals surface area contributed by atoms with Gasteiger partial charge in [0, 0.05) is 23.3 Å². The zero-order valence-electron chi connectivity index (χ0n) is 15.3. The number of fused-ring (bicyclic) bond motifs is 1. The second-order valence-electron chi connectivity index (χ2n) is 6.39. The average Bonchev–Trinajstić information content (AvgIpc) is 2.67. The molecule has 0 saturated heterocycles. The van der Waals surface area contributed by atoms with Gasteiger partial charge in [-0.3, -0.25) is 4.98 Å². The van der Waals surface area contributed by atoms with Crippen molar-refractivity contribution in [3.63, 3.8) is 0 Å². The highest BCUT2D eigenvalue weighted by Crippen LogP contribution is 2.35. The first kappa shape index (κ1) is 18.7. The molecule has 0 radical (unpaired) electrons. The number of aryl methyl sites for hydroxylation is 1. The van der Waals surface area contributed by atoms with Gasteiger partial charge in [-0.15, -0.1) is 0 Å². The van der Waals surface area contributed by atoms with Crippen LogP contribution >= 0.6 is 0 Å². The summed E-state index contributed by atoms with van der Waals surface area (Å²) in [5.41, 5.74) is 1.22. The number of anilines is 4. The van der Waals surface area contributed by atoms with Gasteiger partial charge in [0.15, 0.2) is 0 Å². The van der Waals surface area contributed by atoms with E-state index in [9.17, 15) is 13.2 Å². The smallest absolute Gasteiger partial charge is 0.338 e. The monoisotopic (exact) mass is 395 g/mol. The van der Waals surface area contributed by atoms with E-state index < -0.39 is 11.7 Å². The molecule has 2 aromatic heterocycles. The summed E-state index contributed by atoms with van der Waals surface area (Å²) in [5.74, 6) is 0.514. The highest BCUT2D eigenvalue weighted by atomic mass is 19.4. The van der Waals surface area contributed by atoms with Crippen LogP contribution in [0.1, 0.15) is 11.3 Å². The van der Waals surface area contributed by atoms with Crippen molar-refractivity contribution in [3.05, 3.63) is 78.1 Å². The largest absolute Gasteiger partial charge is 0.418 e. The summed E-state index contributed by atoms with van der Waals surface area (Å²) >= 11 is 0. The van der Waals surface area contributed by atoms with Crippen molar-refractivity contribution in [2.45, 2.75) is 13.1 Å². The molecular weight excluding hydrogens is 379 g/mol. The topological polar surface area (TPSA) is 62.7 Å². The van der Waals surface area contributed by atoms with Gasteiger partial charge in [-0.1, -0.05) is 30.3 Å². The zero-order valence-corrected chi connectivity index (χ0v) is 15.3. The molecule has 8 heteroatoms. The van der Waals surface area contributed by atoms with Crippen LogP contribution in [0.3, 0.4) is 0 Å². The number of alkyl halides is 3. The number of hydrogen-bond acceptors (Lipinski definition) is 5. The fraction of sp³-hybridized carbons (Fsp3) is 0.0952. The van der Waals surface area contributed by atoms with Gasteiger partial charge in [-0.05, 0) is 31.2 Å². The molecule has 0 atom stereocenters. The number of hydrogen-bond donors (Lipinski definition) is 2. The maximum absolute atomic E-state index is 13.2. The van der Waals surface area contributed by atoms with Crippen LogP contribution in [-0.2, 0) is 6.18 Å². The molecule has 0 spiro atoms. The third kappa shape index (κ3) is 4.11. The number of pyridine rings is 1. The van der Waals surface area contributed by atoms with Crippen LogP contribution in [0.5, 0.6) is 0 Å². The van der Waals surface area contributed by atoms with Crippen molar-refractivity contribution in [2.75, 3.05) is 10.6 Å². The molecule has 29 heavy (non-hydrogen) atoms. The minimum atomic E-state index is -4.48. The molecule has 4 rings (SSSR count). The minimum Gasteiger partial charge on any atom is -0.338 e. The summed E-state index contributed by atoms with van der Waals surface area (Å²) in [6.07, 6.45) is -2.79. The summed E-state index contributed by atoms with van der Waals surface area (Å²) < 4.78 is 39.7. The van der Waals surface area contributed by atoms with Crippen molar-refractivity contribution < 1.29 is 13.2 Å². The van der Waals surface area contributed by atoms with Gasteiger partial charge in [0.25, 0.3) is 0 Å². The molecule has 0 aliphatic carbocycles. The lowest BCUT2D eigenvalue weighted by Gasteiger charge is -2.15. The lowest BCUT2D eigenvalue weighted by molar-refractivity contribution is -0.136. The number of halogens is 3. The predicted octanol–water partition coefficient (Wildman–Crippen LogP) is 5.84. The first-order valence-corrected chi connectivity index (χ1v) is 8.80. The molecule has 0 aliphatic heterocycles. The molecule has 0 unspecified atom stereocenters. The normalized spacial score (nSPS) is 11.4. The summed E-state index contributed by atoms with van der Waals surface area (Å²) in [5, 5.41) is 6.83. The molecule has 2 aromatic carbocycles. The lowest BCUT2D eigenvalue weighted by Crippen LogP contribution is -2.10. The van der Waals surface area contributed by atoms with Gasteiger partial charge in [0.2, 0.25) is 5.95 Å². The minimum absolute atomic E-state index is 0.0670. The van der Waals surface area contributed by atoms with E-state index in [4.69, 9.17) is 0 Å². The Hall–Kier alpha value is -3.68. The molecule has 5 nitrogen and oxygen atoms in total. The van der Waals surface area contributed by atoms with E-state index in [-0.39, 0.29) is 11.6 Å². The van der Waals surface area contributed by atoms with Crippen LogP contribution in [0.15, 0.2) is 66.9 Å². The molecular formula is C21H16F3N5. The second-order valence-corrected chi connectivity index (χ2v) is 6.39. The molecule has 0 saturated carbocycles. The Balaban J connectivity index is 1.67. The first-order chi connectivity index (χ1) is 13.9. The number of para-hydroxylation sites is 2. The second kappa shape index (κ2) is 7.38. The summed E-state index contributed by atoms with van der Waals surface area (Å²) in [6, 6.07) is 16.4. The Morgan fingerprint density at radius 3 is 2.41 bits per heavy atom. The van der Waals surface area contributed by atoms with Crippen LogP contribution in [-0.4, -0.2) is 15.0 Å². The Labute approximate surface area is 164 Å². The molecule has 0 amide bonds. The van der Waals surface area contributed by atoms with Crippen molar-refractivity contribution in [1.29, 1.82) is 0 Å². The van der Waals surface area contributed by atoms with Gasteiger partial charge in [-0.25, -0.2) is 4.98 Å². The first-order valence-electron chi connectivity index (χ1n) is 8.80. The van der Waals surface area contributed by atoms with Crippen molar-refractivity contribution >= 4 is 34.0 Å². The number of rotatable bonds is 4. The Bertz CT molecular complexity index is 1170. The van der Waals surface area contributed by atoms with Gasteiger partial charge in [0.1, 0.15) is 5.82 Å². The third-order valence-electron chi connectivity index (χ3n) is 4.23. The van der Waals surface area contributed by atoms with Crippen LogP contribution < -0.4 is 10.6 Å². The average molecular weight is 395 g/mol. The number of benzene rings is 2. The van der Waals surface area contributed by atoms with Crippen molar-refractivity contribution in [1.82, 2.24) is 15.0 Å².